The topological polar surface area (TPSA) is 84.9 Å². The van der Waals surface area contributed by atoms with Crippen molar-refractivity contribution in [3.8, 4) is 11.5 Å². The van der Waals surface area contributed by atoms with Crippen LogP contribution in [0, 0.1) is 0 Å². The largest absolute Gasteiger partial charge is 0.497 e. The SMILES string of the molecule is COc1cc(OC)cc(N2C(=O)c3ccccc3C(C(=O)Nc3ccccc3)C2=O)c1. The van der Waals surface area contributed by atoms with Gasteiger partial charge in [-0.3, -0.25) is 14.4 Å². The molecule has 3 aromatic carbocycles. The van der Waals surface area contributed by atoms with E-state index in [-0.39, 0.29) is 11.3 Å². The Bertz CT molecular complexity index is 1140. The minimum Gasteiger partial charge on any atom is -0.497 e. The fourth-order valence-corrected chi connectivity index (χ4v) is 3.58. The van der Waals surface area contributed by atoms with Crippen LogP contribution in [0.2, 0.25) is 0 Å². The fourth-order valence-electron chi connectivity index (χ4n) is 3.58. The predicted molar refractivity (Wildman–Crippen MR) is 116 cm³/mol. The summed E-state index contributed by atoms with van der Waals surface area (Å²) in [4.78, 5) is 40.9. The van der Waals surface area contributed by atoms with Gasteiger partial charge in [-0.2, -0.15) is 0 Å². The lowest BCUT2D eigenvalue weighted by Gasteiger charge is -2.32. The second-order valence-electron chi connectivity index (χ2n) is 6.93. The van der Waals surface area contributed by atoms with Crippen molar-refractivity contribution in [3.05, 3.63) is 83.9 Å². The van der Waals surface area contributed by atoms with Gasteiger partial charge >= 0.3 is 0 Å². The molecular weight excluding hydrogens is 396 g/mol. The number of rotatable bonds is 5. The highest BCUT2D eigenvalue weighted by molar-refractivity contribution is 6.31. The van der Waals surface area contributed by atoms with Crippen molar-refractivity contribution in [2.45, 2.75) is 5.92 Å². The molecule has 0 saturated heterocycles. The lowest BCUT2D eigenvalue weighted by Crippen LogP contribution is -2.48. The molecule has 0 aromatic heterocycles. The number of para-hydroxylation sites is 1. The Labute approximate surface area is 179 Å². The van der Waals surface area contributed by atoms with Crippen LogP contribution in [-0.2, 0) is 9.59 Å². The molecule has 1 atom stereocenters. The van der Waals surface area contributed by atoms with Crippen molar-refractivity contribution in [3.63, 3.8) is 0 Å². The van der Waals surface area contributed by atoms with E-state index < -0.39 is 23.6 Å². The Kier molecular flexibility index (Phi) is 5.41. The number of fused-ring (bicyclic) bond motifs is 1. The predicted octanol–water partition coefficient (Wildman–Crippen LogP) is 3.61. The van der Waals surface area contributed by atoms with E-state index >= 15 is 0 Å². The molecule has 1 heterocycles. The summed E-state index contributed by atoms with van der Waals surface area (Å²) in [7, 11) is 2.95. The first-order chi connectivity index (χ1) is 15.0. The number of methoxy groups -OCH3 is 2. The zero-order valence-electron chi connectivity index (χ0n) is 17.0. The fraction of sp³-hybridized carbons (Fsp3) is 0.125. The molecule has 31 heavy (non-hydrogen) atoms. The highest BCUT2D eigenvalue weighted by Gasteiger charge is 2.43. The van der Waals surface area contributed by atoms with Crippen LogP contribution in [0.5, 0.6) is 11.5 Å². The number of carbonyl (C=O) groups is 3. The lowest BCUT2D eigenvalue weighted by atomic mass is 9.87. The van der Waals surface area contributed by atoms with Gasteiger partial charge in [0.05, 0.1) is 19.9 Å². The number of imide groups is 1. The van der Waals surface area contributed by atoms with Crippen molar-refractivity contribution in [1.82, 2.24) is 0 Å². The molecule has 7 heteroatoms. The van der Waals surface area contributed by atoms with E-state index in [9.17, 15) is 14.4 Å². The van der Waals surface area contributed by atoms with Gasteiger partial charge < -0.3 is 14.8 Å². The summed E-state index contributed by atoms with van der Waals surface area (Å²) in [5, 5.41) is 2.77. The van der Waals surface area contributed by atoms with E-state index in [0.29, 0.717) is 22.7 Å². The van der Waals surface area contributed by atoms with Crippen LogP contribution in [-0.4, -0.2) is 31.9 Å². The maximum atomic E-state index is 13.5. The van der Waals surface area contributed by atoms with Gasteiger partial charge in [-0.1, -0.05) is 36.4 Å². The van der Waals surface area contributed by atoms with Crippen LogP contribution in [0.4, 0.5) is 11.4 Å². The molecule has 4 rings (SSSR count). The van der Waals surface area contributed by atoms with Gasteiger partial charge in [-0.15, -0.1) is 0 Å². The lowest BCUT2D eigenvalue weighted by molar-refractivity contribution is -0.127. The minimum atomic E-state index is -1.19. The Morgan fingerprint density at radius 1 is 0.871 bits per heavy atom. The van der Waals surface area contributed by atoms with Crippen LogP contribution in [0.25, 0.3) is 0 Å². The maximum absolute atomic E-state index is 13.5. The molecule has 1 unspecified atom stereocenters. The first-order valence-electron chi connectivity index (χ1n) is 9.59. The van der Waals surface area contributed by atoms with Gasteiger partial charge in [-0.05, 0) is 23.8 Å². The van der Waals surface area contributed by atoms with Crippen molar-refractivity contribution in [2.24, 2.45) is 0 Å². The molecule has 0 bridgehead atoms. The number of nitrogens with zero attached hydrogens (tertiary/aromatic N) is 1. The van der Waals surface area contributed by atoms with E-state index in [4.69, 9.17) is 9.47 Å². The number of anilines is 2. The molecule has 1 N–H and O–H groups in total. The number of nitrogens with one attached hydrogen (secondary N) is 1. The quantitative estimate of drug-likeness (QED) is 0.507. The molecular formula is C24H20N2O5. The number of amides is 3. The van der Waals surface area contributed by atoms with Gasteiger partial charge in [-0.25, -0.2) is 4.90 Å². The number of carbonyl (C=O) groups excluding carboxylic acids is 3. The van der Waals surface area contributed by atoms with Crippen LogP contribution >= 0.6 is 0 Å². The third-order valence-electron chi connectivity index (χ3n) is 5.07. The summed E-state index contributed by atoms with van der Waals surface area (Å²) in [6.45, 7) is 0. The highest BCUT2D eigenvalue weighted by atomic mass is 16.5. The Balaban J connectivity index is 1.80. The smallest absolute Gasteiger partial charge is 0.265 e. The molecule has 0 aliphatic carbocycles. The third kappa shape index (κ3) is 3.73. The van der Waals surface area contributed by atoms with Gasteiger partial charge in [0.25, 0.3) is 11.8 Å². The molecule has 0 spiro atoms. The number of ether oxygens (including phenoxy) is 2. The van der Waals surface area contributed by atoms with Crippen LogP contribution in [0.3, 0.4) is 0 Å². The van der Waals surface area contributed by atoms with Gasteiger partial charge in [0.1, 0.15) is 17.4 Å². The molecule has 3 aromatic rings. The third-order valence-corrected chi connectivity index (χ3v) is 5.07. The zero-order valence-corrected chi connectivity index (χ0v) is 17.0. The van der Waals surface area contributed by atoms with E-state index in [2.05, 4.69) is 5.32 Å². The minimum absolute atomic E-state index is 0.262. The molecule has 1 aliphatic rings. The Hall–Kier alpha value is -4.13. The van der Waals surface area contributed by atoms with Crippen molar-refractivity contribution in [2.75, 3.05) is 24.4 Å². The second kappa shape index (κ2) is 8.31. The van der Waals surface area contributed by atoms with Gasteiger partial charge in [0.15, 0.2) is 0 Å². The van der Waals surface area contributed by atoms with E-state index in [1.807, 2.05) is 6.07 Å². The highest BCUT2D eigenvalue weighted by Crippen LogP contribution is 2.36. The van der Waals surface area contributed by atoms with Crippen molar-refractivity contribution in [1.29, 1.82) is 0 Å². The maximum Gasteiger partial charge on any atom is 0.265 e. The average Bonchev–Trinajstić information content (AvgIpc) is 2.79. The summed E-state index contributed by atoms with van der Waals surface area (Å²) in [6.07, 6.45) is 0. The molecule has 3 amide bonds. The number of hydrogen-bond donors (Lipinski definition) is 1. The van der Waals surface area contributed by atoms with Crippen molar-refractivity contribution >= 4 is 29.1 Å². The van der Waals surface area contributed by atoms with E-state index in [0.717, 1.165) is 4.90 Å². The van der Waals surface area contributed by atoms with Gasteiger partial charge in [0, 0.05) is 29.4 Å². The van der Waals surface area contributed by atoms with Crippen LogP contribution < -0.4 is 19.7 Å². The number of hydrogen-bond acceptors (Lipinski definition) is 5. The van der Waals surface area contributed by atoms with Crippen LogP contribution in [0.15, 0.2) is 72.8 Å². The first kappa shape index (κ1) is 20.2. The summed E-state index contributed by atoms with van der Waals surface area (Å²) in [5.74, 6) is -2.03. The molecule has 0 fully saturated rings. The Morgan fingerprint density at radius 2 is 1.48 bits per heavy atom. The van der Waals surface area contributed by atoms with E-state index in [1.54, 1.807) is 66.7 Å². The summed E-state index contributed by atoms with van der Waals surface area (Å²) >= 11 is 0. The standard InChI is InChI=1S/C24H20N2O5/c1-30-17-12-16(13-18(14-17)31-2)26-23(28)20-11-7-6-10-19(20)21(24(26)29)22(27)25-15-8-4-3-5-9-15/h3-14,21H,1-2H3,(H,25,27). The molecule has 0 radical (unpaired) electrons. The zero-order chi connectivity index (χ0) is 22.0. The van der Waals surface area contributed by atoms with Crippen molar-refractivity contribution < 1.29 is 23.9 Å². The first-order valence-corrected chi connectivity index (χ1v) is 9.59. The molecule has 7 nitrogen and oxygen atoms in total. The Morgan fingerprint density at radius 3 is 2.13 bits per heavy atom. The normalized spacial score (nSPS) is 15.3. The summed E-state index contributed by atoms with van der Waals surface area (Å²) < 4.78 is 10.5. The monoisotopic (exact) mass is 416 g/mol. The summed E-state index contributed by atoms with van der Waals surface area (Å²) in [5.41, 5.74) is 1.48. The molecule has 156 valence electrons. The molecule has 0 saturated carbocycles. The van der Waals surface area contributed by atoms with E-state index in [1.165, 1.54) is 14.2 Å². The average molecular weight is 416 g/mol. The number of benzene rings is 3. The molecule has 1 aliphatic heterocycles. The summed E-state index contributed by atoms with van der Waals surface area (Å²) in [6, 6.07) is 20.2. The van der Waals surface area contributed by atoms with Gasteiger partial charge in [0.2, 0.25) is 5.91 Å². The van der Waals surface area contributed by atoms with Crippen LogP contribution in [0.1, 0.15) is 21.8 Å². The second-order valence-corrected chi connectivity index (χ2v) is 6.93.